The molecule has 3 nitrogen and oxygen atoms in total. The Morgan fingerprint density at radius 2 is 1.88 bits per heavy atom. The zero-order chi connectivity index (χ0) is 17.9. The Morgan fingerprint density at radius 1 is 1.08 bits per heavy atom. The fraction of sp³-hybridized carbons (Fsp3) is 0.773. The number of nitrogens with zero attached hydrogens (tertiary/aromatic N) is 2. The first-order valence-electron chi connectivity index (χ1n) is 10.5. The molecule has 3 heteroatoms. The van der Waals surface area contributed by atoms with Gasteiger partial charge >= 0.3 is 0 Å². The first-order chi connectivity index (χ1) is 12.2. The smallest absolute Gasteiger partial charge is 0.123 e. The van der Waals surface area contributed by atoms with Gasteiger partial charge in [0.05, 0.1) is 6.10 Å². The van der Waals surface area contributed by atoms with Gasteiger partial charge in [-0.15, -0.1) is 0 Å². The average Bonchev–Trinajstić information content (AvgIpc) is 2.63. The molecule has 0 bridgehead atoms. The maximum Gasteiger partial charge on any atom is 0.123 e. The molecule has 1 saturated carbocycles. The number of hydrogen-bond donors (Lipinski definition) is 0. The molecule has 0 spiro atoms. The van der Waals surface area contributed by atoms with E-state index in [0.717, 1.165) is 18.1 Å². The molecule has 25 heavy (non-hydrogen) atoms. The molecule has 1 aromatic rings. The molecule has 1 heterocycles. The monoisotopic (exact) mass is 346 g/mol. The second-order valence-corrected chi connectivity index (χ2v) is 7.73. The van der Waals surface area contributed by atoms with Crippen molar-refractivity contribution in [1.29, 1.82) is 0 Å². The van der Waals surface area contributed by atoms with Gasteiger partial charge in [0.15, 0.2) is 0 Å². The molecule has 142 valence electrons. The first kappa shape index (κ1) is 20.2. The summed E-state index contributed by atoms with van der Waals surface area (Å²) in [6.07, 6.45) is 13.4. The summed E-state index contributed by atoms with van der Waals surface area (Å²) < 4.78 is 6.20. The zero-order valence-corrected chi connectivity index (χ0v) is 16.7. The Balaban J connectivity index is 1.67. The van der Waals surface area contributed by atoms with Crippen molar-refractivity contribution >= 4 is 0 Å². The molecule has 1 aliphatic rings. The summed E-state index contributed by atoms with van der Waals surface area (Å²) in [5.74, 6) is 1.89. The van der Waals surface area contributed by atoms with Crippen LogP contribution >= 0.6 is 0 Å². The van der Waals surface area contributed by atoms with Crippen LogP contribution < -0.4 is 4.74 Å². The molecule has 1 aromatic heterocycles. The minimum Gasteiger partial charge on any atom is -0.490 e. The van der Waals surface area contributed by atoms with Crippen molar-refractivity contribution in [2.75, 3.05) is 19.6 Å². The standard InChI is InChI=1S/C22H38N2O/c1-4-16-24(5-2)17-8-6-7-9-20-18-22(14-15-23-20)25-21-12-10-19(3)11-13-21/h14-15,18-19,21H,4-13,16-17H2,1-3H3/t19-,21-. The lowest BCUT2D eigenvalue weighted by atomic mass is 9.89. The lowest BCUT2D eigenvalue weighted by molar-refractivity contribution is 0.135. The second-order valence-electron chi connectivity index (χ2n) is 7.73. The van der Waals surface area contributed by atoms with E-state index < -0.39 is 0 Å². The van der Waals surface area contributed by atoms with Crippen LogP contribution in [0.3, 0.4) is 0 Å². The van der Waals surface area contributed by atoms with Crippen LogP contribution in [0.15, 0.2) is 18.3 Å². The molecular formula is C22H38N2O. The van der Waals surface area contributed by atoms with Crippen molar-refractivity contribution in [3.8, 4) is 5.75 Å². The summed E-state index contributed by atoms with van der Waals surface area (Å²) in [5.41, 5.74) is 1.18. The molecule has 0 saturated heterocycles. The van der Waals surface area contributed by atoms with Gasteiger partial charge in [0.2, 0.25) is 0 Å². The number of pyridine rings is 1. The SMILES string of the molecule is CCCN(CC)CCCCCc1cc(O[C@H]2CC[C@H](C)CC2)ccn1. The topological polar surface area (TPSA) is 25.4 Å². The number of unbranched alkanes of at least 4 members (excludes halogenated alkanes) is 2. The summed E-state index contributed by atoms with van der Waals surface area (Å²) in [7, 11) is 0. The summed E-state index contributed by atoms with van der Waals surface area (Å²) in [5, 5.41) is 0. The van der Waals surface area contributed by atoms with Crippen LogP contribution in [0, 0.1) is 5.92 Å². The summed E-state index contributed by atoms with van der Waals surface area (Å²) in [4.78, 5) is 7.09. The Bertz CT molecular complexity index is 469. The van der Waals surface area contributed by atoms with E-state index in [2.05, 4.69) is 36.7 Å². The van der Waals surface area contributed by atoms with Crippen molar-refractivity contribution < 1.29 is 4.74 Å². The highest BCUT2D eigenvalue weighted by molar-refractivity contribution is 5.23. The molecule has 2 rings (SSSR count). The lowest BCUT2D eigenvalue weighted by Gasteiger charge is -2.26. The van der Waals surface area contributed by atoms with E-state index in [4.69, 9.17) is 4.74 Å². The van der Waals surface area contributed by atoms with Crippen molar-refractivity contribution in [1.82, 2.24) is 9.88 Å². The quantitative estimate of drug-likeness (QED) is 0.496. The summed E-state index contributed by atoms with van der Waals surface area (Å²) in [6.45, 7) is 10.5. The molecular weight excluding hydrogens is 308 g/mol. The molecule has 0 unspecified atom stereocenters. The Kier molecular flexibility index (Phi) is 9.31. The van der Waals surface area contributed by atoms with E-state index in [0.29, 0.717) is 6.10 Å². The molecule has 0 amide bonds. The maximum absolute atomic E-state index is 6.20. The van der Waals surface area contributed by atoms with Crippen LogP contribution in [-0.2, 0) is 6.42 Å². The lowest BCUT2D eigenvalue weighted by Crippen LogP contribution is -2.25. The van der Waals surface area contributed by atoms with E-state index in [1.165, 1.54) is 76.7 Å². The molecule has 1 aliphatic carbocycles. The van der Waals surface area contributed by atoms with Gasteiger partial charge in [-0.05, 0) is 83.0 Å². The van der Waals surface area contributed by atoms with E-state index in [-0.39, 0.29) is 0 Å². The number of rotatable bonds is 11. The Hall–Kier alpha value is -1.09. The predicted octanol–water partition coefficient (Wildman–Crippen LogP) is 5.48. The fourth-order valence-electron chi connectivity index (χ4n) is 3.77. The Labute approximate surface area is 155 Å². The van der Waals surface area contributed by atoms with Crippen molar-refractivity contribution in [2.24, 2.45) is 5.92 Å². The normalized spacial score (nSPS) is 20.8. The van der Waals surface area contributed by atoms with Crippen LogP contribution in [0.5, 0.6) is 5.75 Å². The minimum atomic E-state index is 0.407. The fourth-order valence-corrected chi connectivity index (χ4v) is 3.77. The Morgan fingerprint density at radius 3 is 2.60 bits per heavy atom. The van der Waals surface area contributed by atoms with Crippen LogP contribution in [0.1, 0.15) is 77.8 Å². The summed E-state index contributed by atoms with van der Waals surface area (Å²) in [6, 6.07) is 4.18. The van der Waals surface area contributed by atoms with E-state index in [9.17, 15) is 0 Å². The number of hydrogen-bond acceptors (Lipinski definition) is 3. The van der Waals surface area contributed by atoms with Gasteiger partial charge in [-0.3, -0.25) is 4.98 Å². The highest BCUT2D eigenvalue weighted by atomic mass is 16.5. The third kappa shape index (κ3) is 7.77. The first-order valence-corrected chi connectivity index (χ1v) is 10.5. The molecule has 0 atom stereocenters. The molecule has 0 aromatic carbocycles. The predicted molar refractivity (Wildman–Crippen MR) is 106 cm³/mol. The zero-order valence-electron chi connectivity index (χ0n) is 16.7. The molecule has 0 radical (unpaired) electrons. The van der Waals surface area contributed by atoms with Crippen LogP contribution in [0.25, 0.3) is 0 Å². The second kappa shape index (κ2) is 11.5. The van der Waals surface area contributed by atoms with Gasteiger partial charge in [-0.25, -0.2) is 0 Å². The van der Waals surface area contributed by atoms with E-state index in [1.54, 1.807) is 0 Å². The van der Waals surface area contributed by atoms with Gasteiger partial charge < -0.3 is 9.64 Å². The number of ether oxygens (including phenoxy) is 1. The molecule has 0 N–H and O–H groups in total. The van der Waals surface area contributed by atoms with Gasteiger partial charge in [0, 0.05) is 18.0 Å². The minimum absolute atomic E-state index is 0.407. The highest BCUT2D eigenvalue weighted by Gasteiger charge is 2.19. The van der Waals surface area contributed by atoms with Gasteiger partial charge in [0.1, 0.15) is 5.75 Å². The van der Waals surface area contributed by atoms with Crippen molar-refractivity contribution in [3.05, 3.63) is 24.0 Å². The number of aromatic nitrogens is 1. The number of aryl methyl sites for hydroxylation is 1. The van der Waals surface area contributed by atoms with Gasteiger partial charge in [0.25, 0.3) is 0 Å². The maximum atomic E-state index is 6.20. The van der Waals surface area contributed by atoms with Crippen LogP contribution in [0.2, 0.25) is 0 Å². The third-order valence-corrected chi connectivity index (χ3v) is 5.45. The highest BCUT2D eigenvalue weighted by Crippen LogP contribution is 2.27. The third-order valence-electron chi connectivity index (χ3n) is 5.45. The van der Waals surface area contributed by atoms with Crippen molar-refractivity contribution in [2.45, 2.75) is 84.7 Å². The van der Waals surface area contributed by atoms with Gasteiger partial charge in [-0.1, -0.05) is 27.2 Å². The van der Waals surface area contributed by atoms with Crippen molar-refractivity contribution in [3.63, 3.8) is 0 Å². The molecule has 0 aliphatic heterocycles. The van der Waals surface area contributed by atoms with E-state index >= 15 is 0 Å². The average molecular weight is 347 g/mol. The van der Waals surface area contributed by atoms with Gasteiger partial charge in [-0.2, -0.15) is 0 Å². The van der Waals surface area contributed by atoms with E-state index in [1.807, 2.05) is 12.3 Å². The van der Waals surface area contributed by atoms with Crippen LogP contribution in [-0.4, -0.2) is 35.6 Å². The molecule has 1 fully saturated rings. The summed E-state index contributed by atoms with van der Waals surface area (Å²) >= 11 is 0. The van der Waals surface area contributed by atoms with Crippen LogP contribution in [0.4, 0.5) is 0 Å². The largest absolute Gasteiger partial charge is 0.490 e.